The maximum absolute atomic E-state index is 9.07. The molecule has 0 amide bonds. The number of benzene rings is 1. The Labute approximate surface area is 118 Å². The molecule has 0 fully saturated rings. The monoisotopic (exact) mass is 263 g/mol. The van der Waals surface area contributed by atoms with Crippen LogP contribution in [0.2, 0.25) is 0 Å². The van der Waals surface area contributed by atoms with E-state index in [1.807, 2.05) is 12.1 Å². The quantitative estimate of drug-likeness (QED) is 0.591. The van der Waals surface area contributed by atoms with Crippen molar-refractivity contribution in [1.29, 1.82) is 0 Å². The van der Waals surface area contributed by atoms with Crippen molar-refractivity contribution in [3.8, 4) is 0 Å². The Morgan fingerprint density at radius 2 is 1.63 bits per heavy atom. The van der Waals surface area contributed by atoms with Crippen LogP contribution in [0.3, 0.4) is 0 Å². The predicted octanol–water partition coefficient (Wildman–Crippen LogP) is 4.02. The summed E-state index contributed by atoms with van der Waals surface area (Å²) in [6.07, 6.45) is 9.50. The topological polar surface area (TPSA) is 32.3 Å². The maximum Gasteiger partial charge on any atom is 0.0681 e. The normalized spacial score (nSPS) is 10.8. The molecule has 2 nitrogen and oxygen atoms in total. The summed E-state index contributed by atoms with van der Waals surface area (Å²) in [4.78, 5) is 0. The summed E-state index contributed by atoms with van der Waals surface area (Å²) in [5.41, 5.74) is 2.25. The number of nitrogens with one attached hydrogen (secondary N) is 1. The lowest BCUT2D eigenvalue weighted by Crippen LogP contribution is -2.14. The lowest BCUT2D eigenvalue weighted by atomic mass is 10.1. The molecule has 1 rings (SSSR count). The van der Waals surface area contributed by atoms with E-state index in [1.165, 1.54) is 50.5 Å². The summed E-state index contributed by atoms with van der Waals surface area (Å²) in [7, 11) is 0. The average Bonchev–Trinajstić information content (AvgIpc) is 2.46. The molecule has 0 spiro atoms. The third-order valence-corrected chi connectivity index (χ3v) is 3.46. The zero-order valence-corrected chi connectivity index (χ0v) is 12.3. The molecule has 0 heterocycles. The molecule has 1 aromatic rings. The van der Waals surface area contributed by atoms with E-state index in [0.29, 0.717) is 0 Å². The number of hydrogen-bond donors (Lipinski definition) is 2. The van der Waals surface area contributed by atoms with Crippen LogP contribution in [0, 0.1) is 0 Å². The van der Waals surface area contributed by atoms with Crippen LogP contribution in [-0.2, 0) is 13.2 Å². The van der Waals surface area contributed by atoms with Crippen LogP contribution in [0.15, 0.2) is 24.3 Å². The van der Waals surface area contributed by atoms with Crippen LogP contribution in [0.4, 0.5) is 0 Å². The number of hydrogen-bond acceptors (Lipinski definition) is 2. The van der Waals surface area contributed by atoms with Crippen LogP contribution in [-0.4, -0.2) is 11.7 Å². The Hall–Kier alpha value is -0.860. The first-order valence-corrected chi connectivity index (χ1v) is 7.76. The summed E-state index contributed by atoms with van der Waals surface area (Å²) < 4.78 is 0. The molecule has 0 aromatic heterocycles. The van der Waals surface area contributed by atoms with Crippen molar-refractivity contribution in [1.82, 2.24) is 5.32 Å². The second-order valence-corrected chi connectivity index (χ2v) is 5.28. The van der Waals surface area contributed by atoms with Crippen LogP contribution in [0.5, 0.6) is 0 Å². The van der Waals surface area contributed by atoms with E-state index in [2.05, 4.69) is 24.4 Å². The summed E-state index contributed by atoms with van der Waals surface area (Å²) in [6, 6.07) is 8.14. The van der Waals surface area contributed by atoms with Gasteiger partial charge < -0.3 is 10.4 Å². The van der Waals surface area contributed by atoms with E-state index in [4.69, 9.17) is 5.11 Å². The Morgan fingerprint density at radius 3 is 2.37 bits per heavy atom. The van der Waals surface area contributed by atoms with Gasteiger partial charge in [0.15, 0.2) is 0 Å². The molecule has 0 aliphatic rings. The lowest BCUT2D eigenvalue weighted by Gasteiger charge is -2.06. The van der Waals surface area contributed by atoms with Gasteiger partial charge in [-0.1, -0.05) is 69.7 Å². The van der Waals surface area contributed by atoms with Gasteiger partial charge in [0.05, 0.1) is 6.61 Å². The van der Waals surface area contributed by atoms with Crippen molar-refractivity contribution in [2.24, 2.45) is 0 Å². The molecule has 19 heavy (non-hydrogen) atoms. The largest absolute Gasteiger partial charge is 0.392 e. The minimum atomic E-state index is 0.131. The fourth-order valence-electron chi connectivity index (χ4n) is 2.28. The van der Waals surface area contributed by atoms with Crippen LogP contribution in [0.25, 0.3) is 0 Å². The first-order valence-electron chi connectivity index (χ1n) is 7.76. The molecule has 2 N–H and O–H groups in total. The Bertz CT molecular complexity index is 325. The van der Waals surface area contributed by atoms with Crippen molar-refractivity contribution in [2.75, 3.05) is 6.54 Å². The summed E-state index contributed by atoms with van der Waals surface area (Å²) in [5, 5.41) is 12.5. The highest BCUT2D eigenvalue weighted by Crippen LogP contribution is 2.07. The van der Waals surface area contributed by atoms with Crippen molar-refractivity contribution < 1.29 is 5.11 Å². The molecule has 1 aromatic carbocycles. The second-order valence-electron chi connectivity index (χ2n) is 5.28. The van der Waals surface area contributed by atoms with Crippen LogP contribution < -0.4 is 5.32 Å². The fraction of sp³-hybridized carbons (Fsp3) is 0.647. The highest BCUT2D eigenvalue weighted by molar-refractivity contribution is 5.22. The molecule has 0 atom stereocenters. The molecule has 0 aliphatic heterocycles. The SMILES string of the molecule is CCCCCCCCCNCc1cccc(CO)c1. The van der Waals surface area contributed by atoms with E-state index in [9.17, 15) is 0 Å². The van der Waals surface area contributed by atoms with Crippen molar-refractivity contribution in [3.63, 3.8) is 0 Å². The van der Waals surface area contributed by atoms with Gasteiger partial charge in [-0.25, -0.2) is 0 Å². The molecule has 0 unspecified atom stereocenters. The number of aliphatic hydroxyl groups is 1. The fourth-order valence-corrected chi connectivity index (χ4v) is 2.28. The molecule has 0 saturated heterocycles. The summed E-state index contributed by atoms with van der Waals surface area (Å²) in [5.74, 6) is 0. The standard InChI is InChI=1S/C17H29NO/c1-2-3-4-5-6-7-8-12-18-14-16-10-9-11-17(13-16)15-19/h9-11,13,18-19H,2-8,12,14-15H2,1H3. The molecule has 0 saturated carbocycles. The number of aliphatic hydroxyl groups excluding tert-OH is 1. The van der Waals surface area contributed by atoms with E-state index in [-0.39, 0.29) is 6.61 Å². The van der Waals surface area contributed by atoms with E-state index in [0.717, 1.165) is 18.7 Å². The highest BCUT2D eigenvalue weighted by Gasteiger charge is 1.95. The van der Waals surface area contributed by atoms with Gasteiger partial charge in [-0.15, -0.1) is 0 Å². The molecule has 0 aliphatic carbocycles. The molecule has 0 bridgehead atoms. The van der Waals surface area contributed by atoms with Gasteiger partial charge in [-0.05, 0) is 24.1 Å². The molecular formula is C17H29NO. The third-order valence-electron chi connectivity index (χ3n) is 3.46. The molecule has 108 valence electrons. The van der Waals surface area contributed by atoms with E-state index < -0.39 is 0 Å². The molecule has 2 heteroatoms. The first-order chi connectivity index (χ1) is 9.36. The predicted molar refractivity (Wildman–Crippen MR) is 82.1 cm³/mol. The minimum Gasteiger partial charge on any atom is -0.392 e. The van der Waals surface area contributed by atoms with Gasteiger partial charge >= 0.3 is 0 Å². The van der Waals surface area contributed by atoms with E-state index in [1.54, 1.807) is 0 Å². The smallest absolute Gasteiger partial charge is 0.0681 e. The maximum atomic E-state index is 9.07. The van der Waals surface area contributed by atoms with E-state index >= 15 is 0 Å². The Balaban J connectivity index is 1.98. The third kappa shape index (κ3) is 8.02. The molecular weight excluding hydrogens is 234 g/mol. The van der Waals surface area contributed by atoms with Gasteiger partial charge in [0.25, 0.3) is 0 Å². The van der Waals surface area contributed by atoms with Crippen molar-refractivity contribution in [3.05, 3.63) is 35.4 Å². The Morgan fingerprint density at radius 1 is 0.947 bits per heavy atom. The minimum absolute atomic E-state index is 0.131. The zero-order valence-electron chi connectivity index (χ0n) is 12.3. The number of rotatable bonds is 11. The zero-order chi connectivity index (χ0) is 13.8. The molecule has 0 radical (unpaired) electrons. The second kappa shape index (κ2) is 11.0. The van der Waals surface area contributed by atoms with Crippen molar-refractivity contribution >= 4 is 0 Å². The van der Waals surface area contributed by atoms with Crippen LogP contribution in [0.1, 0.15) is 63.0 Å². The lowest BCUT2D eigenvalue weighted by molar-refractivity contribution is 0.281. The van der Waals surface area contributed by atoms with Gasteiger partial charge in [0.1, 0.15) is 0 Å². The van der Waals surface area contributed by atoms with Gasteiger partial charge in [-0.2, -0.15) is 0 Å². The summed E-state index contributed by atoms with van der Waals surface area (Å²) >= 11 is 0. The average molecular weight is 263 g/mol. The van der Waals surface area contributed by atoms with Gasteiger partial charge in [-0.3, -0.25) is 0 Å². The number of unbranched alkanes of at least 4 members (excludes halogenated alkanes) is 6. The Kier molecular flexibility index (Phi) is 9.38. The van der Waals surface area contributed by atoms with Crippen molar-refractivity contribution in [2.45, 2.75) is 65.0 Å². The van der Waals surface area contributed by atoms with Gasteiger partial charge in [0.2, 0.25) is 0 Å². The van der Waals surface area contributed by atoms with Gasteiger partial charge in [0, 0.05) is 6.54 Å². The first kappa shape index (κ1) is 16.2. The van der Waals surface area contributed by atoms with Crippen LogP contribution >= 0.6 is 0 Å². The summed E-state index contributed by atoms with van der Waals surface area (Å²) in [6.45, 7) is 4.39. The highest BCUT2D eigenvalue weighted by atomic mass is 16.3.